The Morgan fingerprint density at radius 3 is 2.71 bits per heavy atom. The van der Waals surface area contributed by atoms with Crippen LogP contribution in [0.1, 0.15) is 19.8 Å². The molecule has 1 aromatic heterocycles. The number of carbonyl (C=O) groups excluding carboxylic acids is 1. The minimum absolute atomic E-state index is 0.0395. The molecular formula is C18H23ClN4O4S. The van der Waals surface area contributed by atoms with Crippen LogP contribution in [0.4, 0.5) is 5.69 Å². The maximum absolute atomic E-state index is 12.7. The molecule has 1 amide bonds. The average molecular weight is 427 g/mol. The van der Waals surface area contributed by atoms with Gasteiger partial charge in [-0.2, -0.15) is 4.31 Å². The van der Waals surface area contributed by atoms with E-state index >= 15 is 0 Å². The van der Waals surface area contributed by atoms with Gasteiger partial charge in [-0.05, 0) is 37.0 Å². The average Bonchev–Trinajstić information content (AvgIpc) is 3.11. The minimum Gasteiger partial charge on any atom is -0.495 e. The van der Waals surface area contributed by atoms with Gasteiger partial charge in [0.2, 0.25) is 5.91 Å². The van der Waals surface area contributed by atoms with Crippen molar-refractivity contribution in [2.75, 3.05) is 25.5 Å². The summed E-state index contributed by atoms with van der Waals surface area (Å²) >= 11 is 6.05. The van der Waals surface area contributed by atoms with Crippen molar-refractivity contribution >= 4 is 33.2 Å². The zero-order chi connectivity index (χ0) is 20.3. The molecule has 1 aliphatic rings. The molecule has 0 aliphatic carbocycles. The van der Waals surface area contributed by atoms with Gasteiger partial charge >= 0.3 is 0 Å². The molecule has 0 atom stereocenters. The summed E-state index contributed by atoms with van der Waals surface area (Å²) in [5, 5.41) is 3.05. The predicted octanol–water partition coefficient (Wildman–Crippen LogP) is 2.60. The highest BCUT2D eigenvalue weighted by atomic mass is 35.5. The van der Waals surface area contributed by atoms with Gasteiger partial charge in [0.1, 0.15) is 12.3 Å². The highest BCUT2D eigenvalue weighted by molar-refractivity contribution is 7.89. The molecule has 3 rings (SSSR count). The second-order valence-electron chi connectivity index (χ2n) is 6.87. The number of methoxy groups -OCH3 is 1. The number of imidazole rings is 1. The van der Waals surface area contributed by atoms with Crippen molar-refractivity contribution in [3.05, 3.63) is 35.7 Å². The van der Waals surface area contributed by atoms with E-state index in [2.05, 4.69) is 17.2 Å². The highest BCUT2D eigenvalue weighted by Crippen LogP contribution is 2.27. The van der Waals surface area contributed by atoms with Crippen molar-refractivity contribution in [3.63, 3.8) is 0 Å². The van der Waals surface area contributed by atoms with Crippen LogP contribution in [-0.4, -0.2) is 48.4 Å². The van der Waals surface area contributed by atoms with Crippen LogP contribution in [0.2, 0.25) is 5.02 Å². The van der Waals surface area contributed by atoms with Gasteiger partial charge in [0.25, 0.3) is 10.0 Å². The lowest BCUT2D eigenvalue weighted by Crippen LogP contribution is -2.38. The topological polar surface area (TPSA) is 93.5 Å². The second kappa shape index (κ2) is 8.50. The summed E-state index contributed by atoms with van der Waals surface area (Å²) < 4.78 is 33.4. The van der Waals surface area contributed by atoms with E-state index in [1.165, 1.54) is 28.5 Å². The zero-order valence-electron chi connectivity index (χ0n) is 15.8. The first-order chi connectivity index (χ1) is 13.3. The van der Waals surface area contributed by atoms with Crippen LogP contribution in [0.15, 0.2) is 35.7 Å². The third kappa shape index (κ3) is 4.65. The molecule has 2 heterocycles. The summed E-state index contributed by atoms with van der Waals surface area (Å²) in [6.07, 6.45) is 4.41. The maximum Gasteiger partial charge on any atom is 0.262 e. The Kier molecular flexibility index (Phi) is 6.26. The molecular weight excluding hydrogens is 404 g/mol. The van der Waals surface area contributed by atoms with Crippen LogP contribution in [0.5, 0.6) is 5.75 Å². The largest absolute Gasteiger partial charge is 0.495 e. The van der Waals surface area contributed by atoms with Gasteiger partial charge in [-0.1, -0.05) is 18.5 Å². The standard InChI is InChI=1S/C18H23ClN4O4S/c1-13-5-7-23(8-6-13)28(25,26)18-11-22(12-20-18)10-17(24)21-14-3-4-16(27-2)15(19)9-14/h3-4,9,11-13H,5-8,10H2,1-2H3,(H,21,24). The number of halogens is 1. The second-order valence-corrected chi connectivity index (χ2v) is 9.16. The monoisotopic (exact) mass is 426 g/mol. The van der Waals surface area contributed by atoms with Gasteiger partial charge in [0.15, 0.2) is 5.03 Å². The van der Waals surface area contributed by atoms with E-state index in [0.29, 0.717) is 35.5 Å². The van der Waals surface area contributed by atoms with Crippen LogP contribution in [-0.2, 0) is 21.4 Å². The van der Waals surface area contributed by atoms with Gasteiger partial charge in [-0.15, -0.1) is 0 Å². The molecule has 1 fully saturated rings. The number of rotatable bonds is 6. The lowest BCUT2D eigenvalue weighted by Gasteiger charge is -2.28. The molecule has 0 bridgehead atoms. The molecule has 1 aromatic carbocycles. The molecule has 1 saturated heterocycles. The maximum atomic E-state index is 12.7. The number of anilines is 1. The summed E-state index contributed by atoms with van der Waals surface area (Å²) in [5.74, 6) is 0.713. The first kappa shape index (κ1) is 20.6. The van der Waals surface area contributed by atoms with E-state index in [1.807, 2.05) is 0 Å². The van der Waals surface area contributed by atoms with E-state index in [4.69, 9.17) is 16.3 Å². The van der Waals surface area contributed by atoms with E-state index in [1.54, 1.807) is 18.2 Å². The SMILES string of the molecule is COc1ccc(NC(=O)Cn2cnc(S(=O)(=O)N3CCC(C)CC3)c2)cc1Cl. The first-order valence-corrected chi connectivity index (χ1v) is 10.8. The fourth-order valence-corrected chi connectivity index (χ4v) is 4.69. The van der Waals surface area contributed by atoms with Gasteiger partial charge in [0.05, 0.1) is 18.5 Å². The third-order valence-electron chi connectivity index (χ3n) is 4.72. The molecule has 0 radical (unpaired) electrons. The smallest absolute Gasteiger partial charge is 0.262 e. The summed E-state index contributed by atoms with van der Waals surface area (Å²) in [4.78, 5) is 16.2. The number of hydrogen-bond acceptors (Lipinski definition) is 5. The Labute approximate surface area is 169 Å². The van der Waals surface area contributed by atoms with Crippen LogP contribution in [0.3, 0.4) is 0 Å². The van der Waals surface area contributed by atoms with Crippen LogP contribution in [0, 0.1) is 5.92 Å². The Bertz CT molecular complexity index is 952. The molecule has 28 heavy (non-hydrogen) atoms. The normalized spacial score (nSPS) is 16.1. The molecule has 0 unspecified atom stereocenters. The fraction of sp³-hybridized carbons (Fsp3) is 0.444. The number of hydrogen-bond donors (Lipinski definition) is 1. The third-order valence-corrected chi connectivity index (χ3v) is 6.80. The van der Waals surface area contributed by atoms with Crippen LogP contribution in [0.25, 0.3) is 0 Å². The number of carbonyl (C=O) groups is 1. The highest BCUT2D eigenvalue weighted by Gasteiger charge is 2.29. The number of nitrogens with one attached hydrogen (secondary N) is 1. The number of aromatic nitrogens is 2. The van der Waals surface area contributed by atoms with E-state index in [9.17, 15) is 13.2 Å². The lowest BCUT2D eigenvalue weighted by molar-refractivity contribution is -0.116. The molecule has 8 nitrogen and oxygen atoms in total. The molecule has 0 saturated carbocycles. The van der Waals surface area contributed by atoms with Crippen LogP contribution < -0.4 is 10.1 Å². The van der Waals surface area contributed by atoms with E-state index in [0.717, 1.165) is 12.8 Å². The fourth-order valence-electron chi connectivity index (χ4n) is 3.03. The molecule has 152 valence electrons. The number of amides is 1. The van der Waals surface area contributed by atoms with Crippen molar-refractivity contribution in [1.82, 2.24) is 13.9 Å². The van der Waals surface area contributed by atoms with Gasteiger partial charge in [-0.25, -0.2) is 13.4 Å². The van der Waals surface area contributed by atoms with E-state index in [-0.39, 0.29) is 17.5 Å². The summed E-state index contributed by atoms with van der Waals surface area (Å²) in [7, 11) is -2.13. The Morgan fingerprint density at radius 2 is 2.07 bits per heavy atom. The number of ether oxygens (including phenoxy) is 1. The molecule has 0 spiro atoms. The summed E-state index contributed by atoms with van der Waals surface area (Å²) in [6, 6.07) is 4.91. The lowest BCUT2D eigenvalue weighted by atomic mass is 10.0. The van der Waals surface area contributed by atoms with Gasteiger partial charge < -0.3 is 14.6 Å². The molecule has 10 heteroatoms. The molecule has 2 aromatic rings. The molecule has 1 aliphatic heterocycles. The van der Waals surface area contributed by atoms with Crippen molar-refractivity contribution < 1.29 is 17.9 Å². The van der Waals surface area contributed by atoms with E-state index < -0.39 is 10.0 Å². The first-order valence-electron chi connectivity index (χ1n) is 8.95. The number of piperidine rings is 1. The summed E-state index contributed by atoms with van der Waals surface area (Å²) in [6.45, 7) is 3.04. The van der Waals surface area contributed by atoms with Crippen LogP contribution >= 0.6 is 11.6 Å². The summed E-state index contributed by atoms with van der Waals surface area (Å²) in [5.41, 5.74) is 0.520. The Hall–Kier alpha value is -2.10. The van der Waals surface area contributed by atoms with Crippen molar-refractivity contribution in [2.45, 2.75) is 31.3 Å². The number of nitrogens with zero attached hydrogens (tertiary/aromatic N) is 3. The van der Waals surface area contributed by atoms with Gasteiger partial charge in [0, 0.05) is 25.0 Å². The Morgan fingerprint density at radius 1 is 1.36 bits per heavy atom. The van der Waals surface area contributed by atoms with Crippen molar-refractivity contribution in [2.24, 2.45) is 5.92 Å². The zero-order valence-corrected chi connectivity index (χ0v) is 17.3. The number of benzene rings is 1. The quantitative estimate of drug-likeness (QED) is 0.766. The number of sulfonamides is 1. The minimum atomic E-state index is -3.63. The Balaban J connectivity index is 1.64. The van der Waals surface area contributed by atoms with Gasteiger partial charge in [-0.3, -0.25) is 4.79 Å². The molecule has 1 N–H and O–H groups in total. The van der Waals surface area contributed by atoms with Crippen molar-refractivity contribution in [3.8, 4) is 5.75 Å². The van der Waals surface area contributed by atoms with Crippen molar-refractivity contribution in [1.29, 1.82) is 0 Å². The predicted molar refractivity (Wildman–Crippen MR) is 106 cm³/mol.